The maximum absolute atomic E-state index is 14.0. The van der Waals surface area contributed by atoms with Crippen molar-refractivity contribution in [1.29, 1.82) is 0 Å². The molecule has 0 unspecified atom stereocenters. The Bertz CT molecular complexity index is 1900. The van der Waals surface area contributed by atoms with Gasteiger partial charge in [-0.2, -0.15) is 13.2 Å². The van der Waals surface area contributed by atoms with Crippen molar-refractivity contribution in [3.63, 3.8) is 0 Å². The number of aryl methyl sites for hydroxylation is 3. The number of piperidine rings is 1. The fourth-order valence-electron chi connectivity index (χ4n) is 5.76. The number of para-hydroxylation sites is 1. The molecule has 0 radical (unpaired) electrons. The Morgan fingerprint density at radius 2 is 1.76 bits per heavy atom. The minimum atomic E-state index is -4.71. The first-order valence-electron chi connectivity index (χ1n) is 15.8. The summed E-state index contributed by atoms with van der Waals surface area (Å²) in [5, 5.41) is 6.02. The Balaban J connectivity index is 1.30. The number of aromatic nitrogens is 2. The van der Waals surface area contributed by atoms with Crippen molar-refractivity contribution >= 4 is 38.9 Å². The molecular weight excluding hydrogens is 657 g/mol. The number of alkyl halides is 3. The number of benzene rings is 3. The number of hydrogen-bond donors (Lipinski definition) is 2. The summed E-state index contributed by atoms with van der Waals surface area (Å²) in [5.74, 6) is -0.0705. The van der Waals surface area contributed by atoms with Gasteiger partial charge in [0, 0.05) is 43.6 Å². The van der Waals surface area contributed by atoms with E-state index >= 15 is 0 Å². The standard InChI is InChI=1S/C35H39F3N6O4S/c1-23-10-11-24(31(20-23)43(2)49(4,46)47)12-14-29-28(35(36,37)38)22-39-34(41-29)42-30-15-13-25(21-32(30)48-3)33(45)40-26-16-18-44(19-17-26)27-8-6-5-7-9-27/h5-11,13,15,20-22,26H,12,14,16-19H2,1-4H3,(H,40,45)(H,39,41,42). The summed E-state index contributed by atoms with van der Waals surface area (Å²) in [6, 6.07) is 20.0. The molecule has 3 aromatic carbocycles. The van der Waals surface area contributed by atoms with Crippen LogP contribution in [0.2, 0.25) is 0 Å². The Morgan fingerprint density at radius 1 is 1.04 bits per heavy atom. The van der Waals surface area contributed by atoms with Gasteiger partial charge in [-0.3, -0.25) is 9.10 Å². The third-order valence-electron chi connectivity index (χ3n) is 8.54. The minimum absolute atomic E-state index is 0.0120. The van der Waals surface area contributed by atoms with E-state index in [-0.39, 0.29) is 42.2 Å². The number of nitrogens with one attached hydrogen (secondary N) is 2. The van der Waals surface area contributed by atoms with E-state index in [2.05, 4.69) is 37.6 Å². The van der Waals surface area contributed by atoms with E-state index in [1.165, 1.54) is 14.2 Å². The zero-order chi connectivity index (χ0) is 35.3. The number of rotatable bonds is 11. The molecule has 0 saturated carbocycles. The number of carbonyl (C=O) groups excluding carboxylic acids is 1. The predicted molar refractivity (Wildman–Crippen MR) is 184 cm³/mol. The lowest BCUT2D eigenvalue weighted by atomic mass is 10.0. The van der Waals surface area contributed by atoms with Gasteiger partial charge in [0.25, 0.3) is 5.91 Å². The van der Waals surface area contributed by atoms with Crippen LogP contribution in [0.4, 0.5) is 36.2 Å². The van der Waals surface area contributed by atoms with Crippen molar-refractivity contribution in [2.45, 2.75) is 44.8 Å². The highest BCUT2D eigenvalue weighted by atomic mass is 32.2. The van der Waals surface area contributed by atoms with Crippen LogP contribution >= 0.6 is 0 Å². The van der Waals surface area contributed by atoms with Crippen LogP contribution in [0.1, 0.15) is 45.6 Å². The number of nitrogens with zero attached hydrogens (tertiary/aromatic N) is 4. The number of anilines is 4. The summed E-state index contributed by atoms with van der Waals surface area (Å²) in [6.45, 7) is 3.44. The van der Waals surface area contributed by atoms with E-state index in [1.54, 1.807) is 43.3 Å². The molecule has 14 heteroatoms. The number of sulfonamides is 1. The maximum Gasteiger partial charge on any atom is 0.419 e. The minimum Gasteiger partial charge on any atom is -0.495 e. The van der Waals surface area contributed by atoms with Gasteiger partial charge in [-0.1, -0.05) is 30.3 Å². The number of hydrogen-bond acceptors (Lipinski definition) is 8. The molecule has 49 heavy (non-hydrogen) atoms. The molecule has 1 amide bonds. The SMILES string of the molecule is COc1cc(C(=O)NC2CCN(c3ccccc3)CC2)ccc1Nc1ncc(C(F)(F)F)c(CCc2ccc(C)cc2N(C)S(C)(=O)=O)n1. The fraction of sp³-hybridized carbons (Fsp3) is 0.343. The Labute approximate surface area is 284 Å². The summed E-state index contributed by atoms with van der Waals surface area (Å²) in [7, 11) is -0.780. The quantitative estimate of drug-likeness (QED) is 0.192. The van der Waals surface area contributed by atoms with Gasteiger partial charge in [0.05, 0.1) is 36.0 Å². The molecule has 0 atom stereocenters. The summed E-state index contributed by atoms with van der Waals surface area (Å²) in [5.41, 5.74) is 2.38. The van der Waals surface area contributed by atoms with E-state index in [9.17, 15) is 26.4 Å². The van der Waals surface area contributed by atoms with Crippen molar-refractivity contribution in [3.05, 3.63) is 101 Å². The maximum atomic E-state index is 14.0. The molecule has 2 heterocycles. The third-order valence-corrected chi connectivity index (χ3v) is 9.74. The van der Waals surface area contributed by atoms with Gasteiger partial charge < -0.3 is 20.3 Å². The number of amides is 1. The third kappa shape index (κ3) is 8.79. The summed E-state index contributed by atoms with van der Waals surface area (Å²) >= 11 is 0. The highest BCUT2D eigenvalue weighted by molar-refractivity contribution is 7.92. The molecule has 0 bridgehead atoms. The van der Waals surface area contributed by atoms with E-state index in [4.69, 9.17) is 4.74 Å². The highest BCUT2D eigenvalue weighted by Gasteiger charge is 2.35. The van der Waals surface area contributed by atoms with E-state index in [0.29, 0.717) is 22.5 Å². The molecule has 10 nitrogen and oxygen atoms in total. The van der Waals surface area contributed by atoms with E-state index in [1.807, 2.05) is 18.2 Å². The van der Waals surface area contributed by atoms with Crippen molar-refractivity contribution in [3.8, 4) is 5.75 Å². The molecule has 1 aromatic heterocycles. The van der Waals surface area contributed by atoms with Gasteiger partial charge in [0.1, 0.15) is 5.75 Å². The highest BCUT2D eigenvalue weighted by Crippen LogP contribution is 2.34. The Hall–Kier alpha value is -4.85. The zero-order valence-electron chi connectivity index (χ0n) is 27.7. The van der Waals surface area contributed by atoms with E-state index < -0.39 is 21.8 Å². The molecule has 1 fully saturated rings. The molecule has 5 rings (SSSR count). The second kappa shape index (κ2) is 14.7. The van der Waals surface area contributed by atoms with Crippen LogP contribution < -0.4 is 24.6 Å². The van der Waals surface area contributed by atoms with Crippen LogP contribution in [0.5, 0.6) is 5.75 Å². The Morgan fingerprint density at radius 3 is 2.41 bits per heavy atom. The molecule has 4 aromatic rings. The first kappa shape index (κ1) is 35.5. The lowest BCUT2D eigenvalue weighted by Gasteiger charge is -2.34. The largest absolute Gasteiger partial charge is 0.495 e. The molecule has 2 N–H and O–H groups in total. The Kier molecular flexibility index (Phi) is 10.7. The summed E-state index contributed by atoms with van der Waals surface area (Å²) in [4.78, 5) is 23.6. The first-order valence-corrected chi connectivity index (χ1v) is 17.6. The van der Waals surface area contributed by atoms with Gasteiger partial charge >= 0.3 is 6.18 Å². The van der Waals surface area contributed by atoms with Crippen molar-refractivity contribution in [2.24, 2.45) is 0 Å². The average molecular weight is 697 g/mol. The topological polar surface area (TPSA) is 117 Å². The second-order valence-electron chi connectivity index (χ2n) is 12.0. The number of methoxy groups -OCH3 is 1. The van der Waals surface area contributed by atoms with Crippen molar-refractivity contribution < 1.29 is 31.1 Å². The van der Waals surface area contributed by atoms with Crippen LogP contribution in [0.15, 0.2) is 72.9 Å². The van der Waals surface area contributed by atoms with E-state index in [0.717, 1.165) is 53.9 Å². The van der Waals surface area contributed by atoms with Crippen LogP contribution in [-0.2, 0) is 29.0 Å². The molecule has 1 aliphatic heterocycles. The summed E-state index contributed by atoms with van der Waals surface area (Å²) < 4.78 is 73.1. The molecule has 1 aliphatic rings. The monoisotopic (exact) mass is 696 g/mol. The van der Waals surface area contributed by atoms with Crippen LogP contribution in [-0.4, -0.2) is 63.8 Å². The van der Waals surface area contributed by atoms with Crippen molar-refractivity contribution in [2.75, 3.05) is 48.0 Å². The zero-order valence-corrected chi connectivity index (χ0v) is 28.5. The van der Waals surface area contributed by atoms with Gasteiger partial charge in [0.15, 0.2) is 0 Å². The smallest absolute Gasteiger partial charge is 0.419 e. The predicted octanol–water partition coefficient (Wildman–Crippen LogP) is 6.14. The molecular formula is C35H39F3N6O4S. The van der Waals surface area contributed by atoms with Gasteiger partial charge in [0.2, 0.25) is 16.0 Å². The number of halogens is 3. The lowest BCUT2D eigenvalue weighted by molar-refractivity contribution is -0.138. The fourth-order valence-corrected chi connectivity index (χ4v) is 6.29. The number of carbonyl (C=O) groups is 1. The van der Waals surface area contributed by atoms with Gasteiger partial charge in [-0.25, -0.2) is 18.4 Å². The van der Waals surface area contributed by atoms with Crippen LogP contribution in [0.3, 0.4) is 0 Å². The molecule has 0 aliphatic carbocycles. The second-order valence-corrected chi connectivity index (χ2v) is 14.0. The van der Waals surface area contributed by atoms with Crippen LogP contribution in [0.25, 0.3) is 0 Å². The summed E-state index contributed by atoms with van der Waals surface area (Å²) in [6.07, 6.45) is -1.38. The first-order chi connectivity index (χ1) is 23.2. The number of ether oxygens (including phenoxy) is 1. The van der Waals surface area contributed by atoms with Gasteiger partial charge in [-0.05, 0) is 80.1 Å². The van der Waals surface area contributed by atoms with Gasteiger partial charge in [-0.15, -0.1) is 0 Å². The van der Waals surface area contributed by atoms with Crippen molar-refractivity contribution in [1.82, 2.24) is 15.3 Å². The normalized spacial score (nSPS) is 14.0. The molecule has 260 valence electrons. The molecule has 1 saturated heterocycles. The van der Waals surface area contributed by atoms with Crippen LogP contribution in [0, 0.1) is 6.92 Å². The average Bonchev–Trinajstić information content (AvgIpc) is 3.07. The molecule has 0 spiro atoms. The lowest BCUT2D eigenvalue weighted by Crippen LogP contribution is -2.44.